The number of hydrogen-bond acceptors (Lipinski definition) is 10. The Labute approximate surface area is 172 Å². The third-order valence-electron chi connectivity index (χ3n) is 4.14. The van der Waals surface area contributed by atoms with Gasteiger partial charge in [-0.25, -0.2) is 4.98 Å². The van der Waals surface area contributed by atoms with Crippen LogP contribution in [0.15, 0.2) is 11.1 Å². The summed E-state index contributed by atoms with van der Waals surface area (Å²) < 4.78 is 28.8. The lowest BCUT2D eigenvalue weighted by Gasteiger charge is -2.19. The van der Waals surface area contributed by atoms with Gasteiger partial charge in [0.1, 0.15) is 6.73 Å². The molecule has 0 saturated carbocycles. The number of imidazole rings is 1. The van der Waals surface area contributed by atoms with E-state index in [1.807, 2.05) is 20.8 Å². The molecular weight excluding hydrogens is 421 g/mol. The largest absolute Gasteiger partial charge is 0.369 e. The number of aromatic nitrogens is 4. The standard InChI is InChI=1S/C16H26N5O6PS/c1-4-16(2,3)14(23)29-8-7-27-28(24)26-6-5-25-10-21-9-18-11-12(21)19-15(17)20-13(11)22/h9,28H,4-8,10H2,1-3H3,(H3,17,19,20,22). The maximum absolute atomic E-state index is 12.0. The maximum Gasteiger partial charge on any atom is 0.319 e. The van der Waals surface area contributed by atoms with Crippen molar-refractivity contribution in [2.24, 2.45) is 5.41 Å². The van der Waals surface area contributed by atoms with Crippen molar-refractivity contribution in [1.82, 2.24) is 19.5 Å². The lowest BCUT2D eigenvalue weighted by molar-refractivity contribution is -0.118. The number of fused-ring (bicyclic) bond motifs is 1. The number of carbonyl (C=O) groups is 1. The van der Waals surface area contributed by atoms with Crippen molar-refractivity contribution >= 4 is 42.2 Å². The van der Waals surface area contributed by atoms with Crippen LogP contribution in [-0.4, -0.2) is 50.2 Å². The molecule has 162 valence electrons. The quantitative estimate of drug-likeness (QED) is 0.364. The number of nitrogens with zero attached hydrogens (tertiary/aromatic N) is 3. The molecule has 3 N–H and O–H groups in total. The molecule has 2 rings (SSSR count). The summed E-state index contributed by atoms with van der Waals surface area (Å²) in [4.78, 5) is 34.0. The Morgan fingerprint density at radius 2 is 2.07 bits per heavy atom. The van der Waals surface area contributed by atoms with Crippen LogP contribution in [0, 0.1) is 5.41 Å². The molecule has 2 aromatic rings. The number of hydrogen-bond donors (Lipinski definition) is 2. The highest BCUT2D eigenvalue weighted by Gasteiger charge is 2.25. The van der Waals surface area contributed by atoms with Gasteiger partial charge in [0.15, 0.2) is 16.3 Å². The summed E-state index contributed by atoms with van der Waals surface area (Å²) in [6.07, 6.45) is 2.17. The van der Waals surface area contributed by atoms with E-state index in [-0.39, 0.29) is 48.5 Å². The summed E-state index contributed by atoms with van der Waals surface area (Å²) in [5, 5.41) is 0.0860. The highest BCUT2D eigenvalue weighted by molar-refractivity contribution is 8.13. The summed E-state index contributed by atoms with van der Waals surface area (Å²) in [7, 11) is -2.66. The smallest absolute Gasteiger partial charge is 0.319 e. The Bertz CT molecular complexity index is 915. The van der Waals surface area contributed by atoms with E-state index in [1.54, 1.807) is 0 Å². The van der Waals surface area contributed by atoms with E-state index in [1.165, 1.54) is 22.7 Å². The van der Waals surface area contributed by atoms with Crippen molar-refractivity contribution in [3.8, 4) is 0 Å². The zero-order valence-electron chi connectivity index (χ0n) is 16.6. The number of anilines is 1. The first-order valence-corrected chi connectivity index (χ1v) is 11.2. The van der Waals surface area contributed by atoms with Crippen molar-refractivity contribution in [1.29, 1.82) is 0 Å². The summed E-state index contributed by atoms with van der Waals surface area (Å²) in [6, 6.07) is 0. The number of carbonyl (C=O) groups excluding carboxylic acids is 1. The van der Waals surface area contributed by atoms with Crippen LogP contribution in [0.3, 0.4) is 0 Å². The van der Waals surface area contributed by atoms with E-state index < -0.39 is 13.8 Å². The summed E-state index contributed by atoms with van der Waals surface area (Å²) in [5.74, 6) is 0.406. The van der Waals surface area contributed by atoms with Crippen molar-refractivity contribution in [2.75, 3.05) is 31.3 Å². The van der Waals surface area contributed by atoms with Crippen LogP contribution in [0.2, 0.25) is 0 Å². The number of ether oxygens (including phenoxy) is 1. The fraction of sp³-hybridized carbons (Fsp3) is 0.625. The van der Waals surface area contributed by atoms with Crippen LogP contribution in [0.1, 0.15) is 27.2 Å². The van der Waals surface area contributed by atoms with Gasteiger partial charge in [-0.2, -0.15) is 4.98 Å². The van der Waals surface area contributed by atoms with Gasteiger partial charge in [-0.15, -0.1) is 0 Å². The van der Waals surface area contributed by atoms with Gasteiger partial charge >= 0.3 is 8.25 Å². The molecule has 11 nitrogen and oxygen atoms in total. The fourth-order valence-electron chi connectivity index (χ4n) is 2.05. The second-order valence-electron chi connectivity index (χ2n) is 6.70. The minimum Gasteiger partial charge on any atom is -0.369 e. The minimum absolute atomic E-state index is 0.0125. The van der Waals surface area contributed by atoms with Gasteiger partial charge in [-0.3, -0.25) is 23.7 Å². The zero-order valence-corrected chi connectivity index (χ0v) is 18.4. The zero-order chi connectivity index (χ0) is 21.4. The molecule has 0 aliphatic rings. The Morgan fingerprint density at radius 3 is 2.79 bits per heavy atom. The highest BCUT2D eigenvalue weighted by atomic mass is 32.2. The average Bonchev–Trinajstić information content (AvgIpc) is 3.07. The number of thioether (sulfide) groups is 1. The number of nitrogens with one attached hydrogen (secondary N) is 1. The van der Waals surface area contributed by atoms with Gasteiger partial charge in [0, 0.05) is 11.2 Å². The molecule has 0 spiro atoms. The number of rotatable bonds is 12. The monoisotopic (exact) mass is 447 g/mol. The number of nitrogen functional groups attached to an aromatic ring is 1. The third-order valence-corrected chi connectivity index (χ3v) is 6.21. The van der Waals surface area contributed by atoms with Crippen molar-refractivity contribution in [3.05, 3.63) is 16.7 Å². The SMILES string of the molecule is CCC(C)(C)C(=O)SCCO[PH](=O)OCCOCn1cnc2c(=O)[nH]c(N)nc21. The Balaban J connectivity index is 1.62. The number of H-pyrrole nitrogens is 1. The fourth-order valence-corrected chi connectivity index (χ4v) is 3.69. The van der Waals surface area contributed by atoms with Crippen LogP contribution >= 0.6 is 20.0 Å². The molecule has 0 amide bonds. The van der Waals surface area contributed by atoms with Gasteiger partial charge in [0.05, 0.1) is 26.1 Å². The van der Waals surface area contributed by atoms with E-state index in [9.17, 15) is 14.2 Å². The first-order valence-electron chi connectivity index (χ1n) is 8.99. The predicted octanol–water partition coefficient (Wildman–Crippen LogP) is 1.79. The van der Waals surface area contributed by atoms with Crippen LogP contribution < -0.4 is 11.3 Å². The normalized spacial score (nSPS) is 13.1. The molecule has 2 aromatic heterocycles. The Kier molecular flexibility index (Phi) is 8.84. The lowest BCUT2D eigenvalue weighted by atomic mass is 9.92. The van der Waals surface area contributed by atoms with E-state index in [0.29, 0.717) is 11.4 Å². The second-order valence-corrected chi connectivity index (χ2v) is 8.84. The van der Waals surface area contributed by atoms with E-state index >= 15 is 0 Å². The topological polar surface area (TPSA) is 151 Å². The highest BCUT2D eigenvalue weighted by Crippen LogP contribution is 2.28. The van der Waals surface area contributed by atoms with Gasteiger partial charge < -0.3 is 19.5 Å². The van der Waals surface area contributed by atoms with Gasteiger partial charge in [0.2, 0.25) is 5.95 Å². The van der Waals surface area contributed by atoms with Crippen LogP contribution in [-0.2, 0) is 29.9 Å². The molecular formula is C16H26N5O6PS. The van der Waals surface area contributed by atoms with Gasteiger partial charge in [0.25, 0.3) is 5.56 Å². The summed E-state index contributed by atoms with van der Waals surface area (Å²) >= 11 is 1.17. The third kappa shape index (κ3) is 6.93. The Hall–Kier alpha value is -1.72. The van der Waals surface area contributed by atoms with E-state index in [2.05, 4.69) is 15.0 Å². The van der Waals surface area contributed by atoms with E-state index in [4.69, 9.17) is 19.5 Å². The van der Waals surface area contributed by atoms with Crippen molar-refractivity contribution in [3.63, 3.8) is 0 Å². The molecule has 13 heteroatoms. The summed E-state index contributed by atoms with van der Waals surface area (Å²) in [6.45, 7) is 6.20. The van der Waals surface area contributed by atoms with Crippen molar-refractivity contribution in [2.45, 2.75) is 33.9 Å². The molecule has 0 aliphatic carbocycles. The molecule has 0 aromatic carbocycles. The molecule has 0 saturated heterocycles. The number of nitrogens with two attached hydrogens (primary N) is 1. The number of aromatic amines is 1. The molecule has 0 aliphatic heterocycles. The van der Waals surface area contributed by atoms with Crippen molar-refractivity contribution < 1.29 is 23.1 Å². The molecule has 0 fully saturated rings. The molecule has 29 heavy (non-hydrogen) atoms. The average molecular weight is 447 g/mol. The molecule has 0 radical (unpaired) electrons. The maximum atomic E-state index is 12.0. The Morgan fingerprint density at radius 1 is 1.34 bits per heavy atom. The van der Waals surface area contributed by atoms with Crippen LogP contribution in [0.25, 0.3) is 11.2 Å². The van der Waals surface area contributed by atoms with E-state index in [0.717, 1.165) is 6.42 Å². The molecule has 0 bridgehead atoms. The van der Waals surface area contributed by atoms with Gasteiger partial charge in [-0.05, 0) is 6.42 Å². The first-order chi connectivity index (χ1) is 13.7. The minimum atomic E-state index is -2.66. The molecule has 1 unspecified atom stereocenters. The summed E-state index contributed by atoms with van der Waals surface area (Å²) in [5.41, 5.74) is 5.19. The molecule has 2 heterocycles. The molecule has 1 atom stereocenters. The van der Waals surface area contributed by atoms with Gasteiger partial charge in [-0.1, -0.05) is 32.5 Å². The predicted molar refractivity (Wildman–Crippen MR) is 111 cm³/mol. The first kappa shape index (κ1) is 23.6. The van der Waals surface area contributed by atoms with Crippen LogP contribution in [0.5, 0.6) is 0 Å². The second kappa shape index (κ2) is 10.9. The van der Waals surface area contributed by atoms with Crippen LogP contribution in [0.4, 0.5) is 5.95 Å². The lowest BCUT2D eigenvalue weighted by Crippen LogP contribution is -2.20.